The number of carbonyl (C=O) groups excluding carboxylic acids is 5. The molecule has 4 rings (SSSR count). The number of nitrogens with zero attached hydrogens (tertiary/aromatic N) is 2. The number of methoxy groups -OCH3 is 1. The first-order valence-corrected chi connectivity index (χ1v) is 17.3. The number of ether oxygens (including phenoxy) is 3. The van der Waals surface area contributed by atoms with Crippen molar-refractivity contribution in [3.05, 3.63) is 65.7 Å². The molecular formula is C37H51N5O8. The number of benzene rings is 2. The van der Waals surface area contributed by atoms with E-state index in [-0.39, 0.29) is 69.7 Å². The molecule has 272 valence electrons. The molecule has 0 unspecified atom stereocenters. The van der Waals surface area contributed by atoms with Crippen LogP contribution in [0.1, 0.15) is 51.2 Å². The molecule has 50 heavy (non-hydrogen) atoms. The Morgan fingerprint density at radius 1 is 0.920 bits per heavy atom. The second kappa shape index (κ2) is 18.5. The topological polar surface area (TPSA) is 156 Å². The van der Waals surface area contributed by atoms with Gasteiger partial charge in [-0.3, -0.25) is 24.0 Å². The highest BCUT2D eigenvalue weighted by Gasteiger charge is 2.39. The summed E-state index contributed by atoms with van der Waals surface area (Å²) >= 11 is 0. The maximum atomic E-state index is 14.1. The third-order valence-electron chi connectivity index (χ3n) is 8.68. The van der Waals surface area contributed by atoms with Crippen molar-refractivity contribution < 1.29 is 38.2 Å². The highest BCUT2D eigenvalue weighted by atomic mass is 16.5. The smallest absolute Gasteiger partial charge is 0.258 e. The largest absolute Gasteiger partial charge is 0.484 e. The Bertz CT molecular complexity index is 1470. The Balaban J connectivity index is 1.71. The van der Waals surface area contributed by atoms with Crippen LogP contribution in [0, 0.1) is 5.92 Å². The number of hydrogen-bond donors (Lipinski definition) is 3. The predicted molar refractivity (Wildman–Crippen MR) is 186 cm³/mol. The highest BCUT2D eigenvalue weighted by Crippen LogP contribution is 2.30. The summed E-state index contributed by atoms with van der Waals surface area (Å²) in [5, 5.41) is 8.81. The van der Waals surface area contributed by atoms with E-state index >= 15 is 0 Å². The van der Waals surface area contributed by atoms with Crippen LogP contribution < -0.4 is 20.7 Å². The van der Waals surface area contributed by atoms with Gasteiger partial charge in [-0.2, -0.15) is 0 Å². The molecular weight excluding hydrogens is 642 g/mol. The van der Waals surface area contributed by atoms with Crippen molar-refractivity contribution in [2.45, 2.75) is 70.7 Å². The molecule has 2 heterocycles. The number of rotatable bonds is 10. The van der Waals surface area contributed by atoms with Gasteiger partial charge in [0.1, 0.15) is 24.4 Å². The van der Waals surface area contributed by atoms with Gasteiger partial charge in [-0.15, -0.1) is 0 Å². The first-order chi connectivity index (χ1) is 23.9. The van der Waals surface area contributed by atoms with E-state index in [1.807, 2.05) is 64.1 Å². The lowest BCUT2D eigenvalue weighted by Crippen LogP contribution is -2.56. The number of carbonyl (C=O) groups is 5. The van der Waals surface area contributed by atoms with Crippen molar-refractivity contribution in [1.82, 2.24) is 25.8 Å². The van der Waals surface area contributed by atoms with Crippen LogP contribution in [0.2, 0.25) is 0 Å². The van der Waals surface area contributed by atoms with Crippen LogP contribution in [0.25, 0.3) is 0 Å². The molecule has 0 saturated carbocycles. The van der Waals surface area contributed by atoms with Crippen molar-refractivity contribution in [1.29, 1.82) is 0 Å². The summed E-state index contributed by atoms with van der Waals surface area (Å²) in [6, 6.07) is 14.1. The number of likely N-dealkylation sites (tertiary alicyclic amines) is 1. The lowest BCUT2D eigenvalue weighted by Gasteiger charge is -2.29. The summed E-state index contributed by atoms with van der Waals surface area (Å²) in [6.45, 7) is 7.61. The molecule has 2 aromatic rings. The van der Waals surface area contributed by atoms with Crippen LogP contribution in [0.4, 0.5) is 0 Å². The molecule has 2 aliphatic heterocycles. The monoisotopic (exact) mass is 693 g/mol. The van der Waals surface area contributed by atoms with Gasteiger partial charge in [0.2, 0.25) is 23.6 Å². The van der Waals surface area contributed by atoms with Crippen LogP contribution in [-0.4, -0.2) is 117 Å². The normalized spacial score (nSPS) is 22.3. The van der Waals surface area contributed by atoms with E-state index in [4.69, 9.17) is 14.2 Å². The van der Waals surface area contributed by atoms with E-state index < -0.39 is 41.8 Å². The van der Waals surface area contributed by atoms with E-state index in [0.29, 0.717) is 18.7 Å². The SMILES string of the molecule is COCCN1CC(=O)N[C@@H](Cc2ccccc2)C(=O)N[C@@H]2CN(C(=O)COC(C)C)C[C@H]2c2cccc(c2)OCC(=O)N[C@H](CC(C)C)C1=O. The maximum Gasteiger partial charge on any atom is 0.258 e. The average Bonchev–Trinajstić information content (AvgIpc) is 3.51. The number of nitrogens with one attached hydrogen (secondary N) is 3. The quantitative estimate of drug-likeness (QED) is 0.340. The molecule has 13 heteroatoms. The fourth-order valence-electron chi connectivity index (χ4n) is 6.18. The summed E-state index contributed by atoms with van der Waals surface area (Å²) in [7, 11) is 1.50. The molecule has 0 spiro atoms. The van der Waals surface area contributed by atoms with Crippen LogP contribution in [0.15, 0.2) is 54.6 Å². The minimum Gasteiger partial charge on any atom is -0.484 e. The van der Waals surface area contributed by atoms with Gasteiger partial charge in [-0.25, -0.2) is 0 Å². The molecule has 0 aliphatic carbocycles. The summed E-state index contributed by atoms with van der Waals surface area (Å²) < 4.78 is 16.7. The van der Waals surface area contributed by atoms with Crippen LogP contribution in [0.5, 0.6) is 5.75 Å². The zero-order valence-corrected chi connectivity index (χ0v) is 29.7. The summed E-state index contributed by atoms with van der Waals surface area (Å²) in [5.74, 6) is -1.91. The van der Waals surface area contributed by atoms with Gasteiger partial charge in [-0.1, -0.05) is 56.3 Å². The Morgan fingerprint density at radius 2 is 1.66 bits per heavy atom. The predicted octanol–water partition coefficient (Wildman–Crippen LogP) is 1.65. The molecule has 0 radical (unpaired) electrons. The maximum absolute atomic E-state index is 14.1. The molecule has 2 aromatic carbocycles. The third-order valence-corrected chi connectivity index (χ3v) is 8.68. The van der Waals surface area contributed by atoms with E-state index in [1.165, 1.54) is 12.0 Å². The Kier molecular flexibility index (Phi) is 14.2. The van der Waals surface area contributed by atoms with Gasteiger partial charge in [0.15, 0.2) is 6.61 Å². The third kappa shape index (κ3) is 11.3. The molecule has 2 bridgehead atoms. The van der Waals surface area contributed by atoms with Gasteiger partial charge in [-0.05, 0) is 49.4 Å². The Morgan fingerprint density at radius 3 is 2.36 bits per heavy atom. The molecule has 0 aromatic heterocycles. The Labute approximate surface area is 294 Å². The van der Waals surface area contributed by atoms with E-state index in [2.05, 4.69) is 16.0 Å². The van der Waals surface area contributed by atoms with E-state index in [0.717, 1.165) is 11.1 Å². The molecule has 3 N–H and O–H groups in total. The van der Waals surface area contributed by atoms with Crippen molar-refractivity contribution in [3.63, 3.8) is 0 Å². The standard InChI is InChI=1S/C37H51N5O8/c1-24(2)16-31-37(47)41(14-15-48-5)21-33(43)38-30(17-26-10-7-6-8-11-26)36(46)40-32-20-42(35(45)23-49-25(3)4)19-29(32)27-12-9-13-28(18-27)50-22-34(44)39-31/h6-13,18,24-25,29-32H,14-17,19-23H2,1-5H3,(H,38,43)(H,39,44)(H,40,46)/t29-,30-,31+,32+/m0/s1. The minimum absolute atomic E-state index is 0.0551. The zero-order valence-electron chi connectivity index (χ0n) is 29.7. The molecule has 4 atom stereocenters. The van der Waals surface area contributed by atoms with Crippen LogP contribution >= 0.6 is 0 Å². The van der Waals surface area contributed by atoms with Gasteiger partial charge in [0.25, 0.3) is 5.91 Å². The average molecular weight is 694 g/mol. The Hall–Kier alpha value is -4.49. The summed E-state index contributed by atoms with van der Waals surface area (Å²) in [5.41, 5.74) is 1.64. The van der Waals surface area contributed by atoms with Crippen molar-refractivity contribution in [2.75, 3.05) is 53.1 Å². The lowest BCUT2D eigenvalue weighted by atomic mass is 9.93. The molecule has 5 amide bonds. The number of amides is 5. The molecule has 13 nitrogen and oxygen atoms in total. The van der Waals surface area contributed by atoms with Gasteiger partial charge in [0, 0.05) is 39.1 Å². The van der Waals surface area contributed by atoms with E-state index in [1.54, 1.807) is 23.1 Å². The first kappa shape index (κ1) is 38.3. The highest BCUT2D eigenvalue weighted by molar-refractivity contribution is 5.93. The van der Waals surface area contributed by atoms with E-state index in [9.17, 15) is 24.0 Å². The molecule has 2 aliphatic rings. The second-order valence-electron chi connectivity index (χ2n) is 13.6. The van der Waals surface area contributed by atoms with Gasteiger partial charge in [0.05, 0.1) is 25.3 Å². The first-order valence-electron chi connectivity index (χ1n) is 17.3. The lowest BCUT2D eigenvalue weighted by molar-refractivity contribution is -0.141. The second-order valence-corrected chi connectivity index (χ2v) is 13.6. The minimum atomic E-state index is -0.987. The molecule has 1 fully saturated rings. The van der Waals surface area contributed by atoms with Crippen LogP contribution in [-0.2, 0) is 39.9 Å². The number of fused-ring (bicyclic) bond motifs is 4. The van der Waals surface area contributed by atoms with Crippen molar-refractivity contribution in [3.8, 4) is 5.75 Å². The van der Waals surface area contributed by atoms with Crippen molar-refractivity contribution in [2.24, 2.45) is 5.92 Å². The molecule has 1 saturated heterocycles. The summed E-state index contributed by atoms with van der Waals surface area (Å²) in [4.78, 5) is 71.0. The zero-order chi connectivity index (χ0) is 36.2. The summed E-state index contributed by atoms with van der Waals surface area (Å²) in [6.07, 6.45) is 0.408. The van der Waals surface area contributed by atoms with Gasteiger partial charge < -0.3 is 40.0 Å². The fraction of sp³-hybridized carbons (Fsp3) is 0.541. The van der Waals surface area contributed by atoms with Crippen LogP contribution in [0.3, 0.4) is 0 Å². The van der Waals surface area contributed by atoms with Crippen molar-refractivity contribution >= 4 is 29.5 Å². The number of hydrogen-bond acceptors (Lipinski definition) is 8. The van der Waals surface area contributed by atoms with Gasteiger partial charge >= 0.3 is 0 Å². The fourth-order valence-corrected chi connectivity index (χ4v) is 6.18.